The lowest BCUT2D eigenvalue weighted by molar-refractivity contribution is -0.0615. The summed E-state index contributed by atoms with van der Waals surface area (Å²) in [6.45, 7) is 2.31. The Morgan fingerprint density at radius 2 is 2.06 bits per heavy atom. The fraction of sp³-hybridized carbons (Fsp3) is 0.625. The van der Waals surface area contributed by atoms with Crippen molar-refractivity contribution in [3.05, 3.63) is 17.5 Å². The summed E-state index contributed by atoms with van der Waals surface area (Å²) in [5.41, 5.74) is -0.498. The minimum Gasteiger partial charge on any atom is -0.449 e. The first kappa shape index (κ1) is 25.3. The first-order valence-corrected chi connectivity index (χ1v) is 12.1. The van der Waals surface area contributed by atoms with Crippen LogP contribution in [0.4, 0.5) is 10.6 Å². The monoisotopic (exact) mass is 476 g/mol. The minimum absolute atomic E-state index is 0.0100. The Bertz CT molecular complexity index is 973. The largest absolute Gasteiger partial charge is 0.449 e. The molecular formula is C24H33ClN4O4. The number of hydrogen-bond acceptors (Lipinski definition) is 6. The zero-order valence-electron chi connectivity index (χ0n) is 19.2. The average Bonchev–Trinajstić information content (AvgIpc) is 3.42. The van der Waals surface area contributed by atoms with E-state index < -0.39 is 17.9 Å². The van der Waals surface area contributed by atoms with Crippen molar-refractivity contribution < 1.29 is 19.4 Å². The third kappa shape index (κ3) is 6.59. The van der Waals surface area contributed by atoms with Crippen molar-refractivity contribution in [1.29, 1.82) is 0 Å². The predicted octanol–water partition coefficient (Wildman–Crippen LogP) is 5.45. The molecule has 2 atom stereocenters. The van der Waals surface area contributed by atoms with Crippen molar-refractivity contribution in [2.75, 3.05) is 18.5 Å². The zero-order chi connectivity index (χ0) is 23.7. The molecule has 1 aliphatic heterocycles. The highest BCUT2D eigenvalue weighted by Crippen LogP contribution is 2.38. The van der Waals surface area contributed by atoms with Crippen molar-refractivity contribution in [3.8, 4) is 12.3 Å². The van der Waals surface area contributed by atoms with Crippen LogP contribution in [-0.2, 0) is 9.47 Å². The van der Waals surface area contributed by atoms with Gasteiger partial charge < -0.3 is 19.1 Å². The van der Waals surface area contributed by atoms with E-state index >= 15 is 0 Å². The number of carbonyl (C=O) groups excluding carboxylic acids is 1. The number of nitrogens with zero attached hydrogens (tertiary/aromatic N) is 3. The second-order valence-corrected chi connectivity index (χ2v) is 8.78. The van der Waals surface area contributed by atoms with Crippen LogP contribution in [0.15, 0.2) is 12.3 Å². The quantitative estimate of drug-likeness (QED) is 0.240. The van der Waals surface area contributed by atoms with Crippen LogP contribution >= 0.6 is 11.6 Å². The number of nitrogens with one attached hydrogen (secondary N) is 1. The molecule has 1 fully saturated rings. The lowest BCUT2D eigenvalue weighted by Crippen LogP contribution is -2.31. The molecule has 180 valence electrons. The molecule has 8 nitrogen and oxygen atoms in total. The van der Waals surface area contributed by atoms with Gasteiger partial charge in [-0.25, -0.2) is 4.79 Å². The molecule has 0 aliphatic carbocycles. The Morgan fingerprint density at radius 1 is 1.33 bits per heavy atom. The number of carbonyl (C=O) groups is 1. The third-order valence-electron chi connectivity index (χ3n) is 5.98. The van der Waals surface area contributed by atoms with E-state index in [4.69, 9.17) is 27.5 Å². The molecule has 3 rings (SSSR count). The van der Waals surface area contributed by atoms with Gasteiger partial charge >= 0.3 is 6.09 Å². The molecule has 0 aromatic carbocycles. The number of ether oxygens (including phenoxy) is 2. The van der Waals surface area contributed by atoms with Gasteiger partial charge in [-0.15, -0.1) is 6.42 Å². The maximum Gasteiger partial charge on any atom is 0.412 e. The summed E-state index contributed by atoms with van der Waals surface area (Å²) in [4.78, 5) is 20.7. The molecular weight excluding hydrogens is 444 g/mol. The van der Waals surface area contributed by atoms with Gasteiger partial charge in [0, 0.05) is 6.20 Å². The standard InChI is InChI=1S/C24H33ClN4O4/c1-3-5-6-7-8-9-10-11-16-32-23(31)27-20-18-13-15-29(21(18)28-22(25)26-20)19-12-14-24(4-2,17-30)33-19/h2,13,15,19,30H,3,5-12,14,16-17H2,1H3,(H,26,27,28,31). The van der Waals surface area contributed by atoms with E-state index in [2.05, 4.69) is 28.1 Å². The Hall–Kier alpha value is -2.34. The second-order valence-electron chi connectivity index (χ2n) is 8.45. The highest BCUT2D eigenvalue weighted by molar-refractivity contribution is 6.28. The van der Waals surface area contributed by atoms with Crippen LogP contribution in [0, 0.1) is 12.3 Å². The topological polar surface area (TPSA) is 98.5 Å². The van der Waals surface area contributed by atoms with Gasteiger partial charge in [-0.3, -0.25) is 5.32 Å². The van der Waals surface area contributed by atoms with Crippen LogP contribution in [0.3, 0.4) is 0 Å². The molecule has 33 heavy (non-hydrogen) atoms. The first-order chi connectivity index (χ1) is 16.0. The van der Waals surface area contributed by atoms with Gasteiger partial charge in [0.15, 0.2) is 5.60 Å². The maximum absolute atomic E-state index is 12.3. The lowest BCUT2D eigenvalue weighted by Gasteiger charge is -2.21. The fourth-order valence-corrected chi connectivity index (χ4v) is 4.23. The van der Waals surface area contributed by atoms with E-state index in [0.717, 1.165) is 19.3 Å². The van der Waals surface area contributed by atoms with Gasteiger partial charge in [0.25, 0.3) is 0 Å². The van der Waals surface area contributed by atoms with E-state index in [9.17, 15) is 9.90 Å². The smallest absolute Gasteiger partial charge is 0.412 e. The summed E-state index contributed by atoms with van der Waals surface area (Å²) in [5, 5.41) is 12.9. The van der Waals surface area contributed by atoms with Crippen LogP contribution in [0.2, 0.25) is 5.28 Å². The molecule has 1 amide bonds. The molecule has 2 aromatic heterocycles. The molecule has 2 aromatic rings. The van der Waals surface area contributed by atoms with Gasteiger partial charge in [-0.1, -0.05) is 57.8 Å². The number of anilines is 1. The zero-order valence-corrected chi connectivity index (χ0v) is 19.9. The number of hydrogen-bond donors (Lipinski definition) is 2. The molecule has 2 unspecified atom stereocenters. The van der Waals surface area contributed by atoms with Crippen molar-refractivity contribution in [2.45, 2.75) is 83.0 Å². The number of terminal acetylenes is 1. The molecule has 3 heterocycles. The van der Waals surface area contributed by atoms with Gasteiger partial charge in [0.2, 0.25) is 5.28 Å². The number of fused-ring (bicyclic) bond motifs is 1. The minimum atomic E-state index is -1.00. The van der Waals surface area contributed by atoms with Gasteiger partial charge in [-0.2, -0.15) is 9.97 Å². The number of aromatic nitrogens is 3. The van der Waals surface area contributed by atoms with Gasteiger partial charge in [0.1, 0.15) is 17.7 Å². The van der Waals surface area contributed by atoms with E-state index in [1.807, 2.05) is 0 Å². The van der Waals surface area contributed by atoms with Crippen LogP contribution in [0.5, 0.6) is 0 Å². The Labute approximate surface area is 200 Å². The van der Waals surface area contributed by atoms with Crippen molar-refractivity contribution in [3.63, 3.8) is 0 Å². The molecule has 0 bridgehead atoms. The molecule has 0 spiro atoms. The van der Waals surface area contributed by atoms with Gasteiger partial charge in [-0.05, 0) is 36.9 Å². The summed E-state index contributed by atoms with van der Waals surface area (Å²) in [6.07, 6.45) is 16.9. The SMILES string of the molecule is C#CC1(CO)CCC(n2ccc3c(NC(=O)OCCCCCCCCCC)nc(Cl)nc32)O1. The highest BCUT2D eigenvalue weighted by atomic mass is 35.5. The number of amides is 1. The highest BCUT2D eigenvalue weighted by Gasteiger charge is 2.39. The molecule has 0 radical (unpaired) electrons. The van der Waals surface area contributed by atoms with Crippen LogP contribution < -0.4 is 5.32 Å². The first-order valence-electron chi connectivity index (χ1n) is 11.8. The summed E-state index contributed by atoms with van der Waals surface area (Å²) >= 11 is 6.12. The molecule has 0 saturated carbocycles. The lowest BCUT2D eigenvalue weighted by atomic mass is 10.0. The van der Waals surface area contributed by atoms with Crippen LogP contribution in [-0.4, -0.2) is 44.5 Å². The average molecular weight is 477 g/mol. The number of aliphatic hydroxyl groups is 1. The summed E-state index contributed by atoms with van der Waals surface area (Å²) < 4.78 is 13.0. The van der Waals surface area contributed by atoms with E-state index in [1.54, 1.807) is 16.8 Å². The van der Waals surface area contributed by atoms with Crippen LogP contribution in [0.25, 0.3) is 11.0 Å². The molecule has 1 aliphatic rings. The van der Waals surface area contributed by atoms with Gasteiger partial charge in [0.05, 0.1) is 18.6 Å². The third-order valence-corrected chi connectivity index (χ3v) is 6.15. The number of unbranched alkanes of at least 4 members (excludes halogenated alkanes) is 7. The molecule has 2 N–H and O–H groups in total. The van der Waals surface area contributed by atoms with E-state index in [1.165, 1.54) is 32.1 Å². The Morgan fingerprint density at radius 3 is 2.73 bits per heavy atom. The molecule has 9 heteroatoms. The van der Waals surface area contributed by atoms with Crippen molar-refractivity contribution in [2.24, 2.45) is 0 Å². The van der Waals surface area contributed by atoms with E-state index in [0.29, 0.717) is 30.5 Å². The second kappa shape index (κ2) is 12.2. The van der Waals surface area contributed by atoms with Crippen molar-refractivity contribution in [1.82, 2.24) is 14.5 Å². The number of rotatable bonds is 12. The fourth-order valence-electron chi connectivity index (χ4n) is 4.07. The van der Waals surface area contributed by atoms with Crippen LogP contribution in [0.1, 0.15) is 77.4 Å². The predicted molar refractivity (Wildman–Crippen MR) is 128 cm³/mol. The van der Waals surface area contributed by atoms with Crippen molar-refractivity contribution >= 4 is 34.5 Å². The Balaban J connectivity index is 1.54. The number of aliphatic hydroxyl groups excluding tert-OH is 1. The normalized spacial score (nSPS) is 20.1. The van der Waals surface area contributed by atoms with E-state index in [-0.39, 0.29) is 17.7 Å². The summed E-state index contributed by atoms with van der Waals surface area (Å²) in [5.74, 6) is 2.81. The number of halogens is 1. The maximum atomic E-state index is 12.3. The summed E-state index contributed by atoms with van der Waals surface area (Å²) in [7, 11) is 0. The Kier molecular flexibility index (Phi) is 9.36. The summed E-state index contributed by atoms with van der Waals surface area (Å²) in [6, 6.07) is 1.78. The molecule has 1 saturated heterocycles.